The van der Waals surface area contributed by atoms with Crippen LogP contribution < -0.4 is 10.5 Å². The Morgan fingerprint density at radius 2 is 1.96 bits per heavy atom. The van der Waals surface area contributed by atoms with Crippen molar-refractivity contribution in [3.05, 3.63) is 36.2 Å². The van der Waals surface area contributed by atoms with Crippen LogP contribution in [0.15, 0.2) is 41.1 Å². The number of halogens is 1. The van der Waals surface area contributed by atoms with Crippen molar-refractivity contribution in [1.82, 2.24) is 0 Å². The van der Waals surface area contributed by atoms with E-state index in [0.717, 1.165) is 12.8 Å². The maximum Gasteiger partial charge on any atom is 0.178 e. The number of nitrogens with two attached hydrogens (primary N) is 1. The highest BCUT2D eigenvalue weighted by atomic mass is 32.2. The third kappa shape index (κ3) is 5.03. The molecule has 0 aromatic heterocycles. The number of sulfone groups is 1. The smallest absolute Gasteiger partial charge is 0.178 e. The van der Waals surface area contributed by atoms with Crippen LogP contribution in [0.3, 0.4) is 0 Å². The molecule has 1 heterocycles. The van der Waals surface area contributed by atoms with Crippen molar-refractivity contribution in [2.75, 3.05) is 32.1 Å². The lowest BCUT2D eigenvalue weighted by Gasteiger charge is -2.33. The van der Waals surface area contributed by atoms with Gasteiger partial charge in [-0.1, -0.05) is 6.92 Å². The van der Waals surface area contributed by atoms with E-state index in [4.69, 9.17) is 15.2 Å². The summed E-state index contributed by atoms with van der Waals surface area (Å²) < 4.78 is 48.4. The lowest BCUT2D eigenvalue weighted by atomic mass is 9.85. The molecule has 1 saturated heterocycles. The van der Waals surface area contributed by atoms with E-state index in [9.17, 15) is 12.8 Å². The second kappa shape index (κ2) is 8.09. The second-order valence-corrected chi connectivity index (χ2v) is 8.40. The van der Waals surface area contributed by atoms with Crippen LogP contribution in [0.4, 0.5) is 4.39 Å². The van der Waals surface area contributed by atoms with Gasteiger partial charge in [0.15, 0.2) is 9.84 Å². The van der Waals surface area contributed by atoms with Gasteiger partial charge < -0.3 is 15.2 Å². The topological polar surface area (TPSA) is 78.6 Å². The van der Waals surface area contributed by atoms with Crippen LogP contribution in [0.1, 0.15) is 19.8 Å². The minimum Gasteiger partial charge on any atom is -0.489 e. The average Bonchev–Trinajstić information content (AvgIpc) is 2.56. The molecule has 0 spiro atoms. The largest absolute Gasteiger partial charge is 0.489 e. The summed E-state index contributed by atoms with van der Waals surface area (Å²) in [5.74, 6) is 0.574. The van der Waals surface area contributed by atoms with Crippen LogP contribution in [-0.2, 0) is 14.6 Å². The zero-order chi connectivity index (χ0) is 17.6. The first-order valence-corrected chi connectivity index (χ1v) is 9.55. The summed E-state index contributed by atoms with van der Waals surface area (Å²) in [4.78, 5) is 0.266. The van der Waals surface area contributed by atoms with Gasteiger partial charge in [0.1, 0.15) is 12.4 Å². The predicted octanol–water partition coefficient (Wildman–Crippen LogP) is 2.47. The van der Waals surface area contributed by atoms with Crippen molar-refractivity contribution >= 4 is 9.84 Å². The van der Waals surface area contributed by atoms with Gasteiger partial charge in [-0.25, -0.2) is 12.8 Å². The Balaban J connectivity index is 2.03. The molecule has 0 radical (unpaired) electrons. The summed E-state index contributed by atoms with van der Waals surface area (Å²) in [7, 11) is -3.38. The fourth-order valence-corrected chi connectivity index (χ4v) is 4.53. The molecule has 24 heavy (non-hydrogen) atoms. The molecule has 0 aliphatic carbocycles. The van der Waals surface area contributed by atoms with Crippen LogP contribution in [0.25, 0.3) is 0 Å². The molecule has 5 nitrogen and oxygen atoms in total. The van der Waals surface area contributed by atoms with E-state index in [1.165, 1.54) is 12.1 Å². The van der Waals surface area contributed by atoms with Crippen molar-refractivity contribution < 1.29 is 22.3 Å². The minimum absolute atomic E-state index is 0.0389. The summed E-state index contributed by atoms with van der Waals surface area (Å²) in [6.07, 6.45) is 1.91. The van der Waals surface area contributed by atoms with Crippen LogP contribution >= 0.6 is 0 Å². The van der Waals surface area contributed by atoms with Crippen LogP contribution in [0.2, 0.25) is 0 Å². The molecular formula is C17H24FNO4S. The van der Waals surface area contributed by atoms with Gasteiger partial charge in [-0.2, -0.15) is 0 Å². The normalized spacial score (nSPS) is 18.4. The molecular weight excluding hydrogens is 333 g/mol. The van der Waals surface area contributed by atoms with Crippen LogP contribution in [0, 0.1) is 5.41 Å². The van der Waals surface area contributed by atoms with Crippen molar-refractivity contribution in [1.29, 1.82) is 0 Å². The molecule has 0 atom stereocenters. The Labute approximate surface area is 142 Å². The quantitative estimate of drug-likeness (QED) is 0.811. The lowest BCUT2D eigenvalue weighted by molar-refractivity contribution is 0.0341. The summed E-state index contributed by atoms with van der Waals surface area (Å²) in [5, 5.41) is 0. The average molecular weight is 357 g/mol. The van der Waals surface area contributed by atoms with Gasteiger partial charge >= 0.3 is 0 Å². The van der Waals surface area contributed by atoms with Crippen molar-refractivity contribution in [2.24, 2.45) is 11.1 Å². The molecule has 2 N–H and O–H groups in total. The summed E-state index contributed by atoms with van der Waals surface area (Å²) in [6, 6.07) is 6.19. The molecule has 134 valence electrons. The molecule has 0 unspecified atom stereocenters. The van der Waals surface area contributed by atoms with Crippen LogP contribution in [0.5, 0.6) is 5.75 Å². The van der Waals surface area contributed by atoms with Crippen LogP contribution in [-0.4, -0.2) is 40.5 Å². The van der Waals surface area contributed by atoms with Gasteiger partial charge in [0.05, 0.1) is 17.0 Å². The van der Waals surface area contributed by atoms with E-state index in [1.807, 2.05) is 6.92 Å². The third-order valence-corrected chi connectivity index (χ3v) is 6.33. The zero-order valence-electron chi connectivity index (χ0n) is 13.8. The van der Waals surface area contributed by atoms with Crippen molar-refractivity contribution in [3.8, 4) is 5.75 Å². The van der Waals surface area contributed by atoms with Gasteiger partial charge in [-0.15, -0.1) is 0 Å². The summed E-state index contributed by atoms with van der Waals surface area (Å²) in [5.41, 5.74) is 5.43. The Morgan fingerprint density at radius 3 is 2.50 bits per heavy atom. The summed E-state index contributed by atoms with van der Waals surface area (Å²) in [6.45, 7) is 3.30. The molecule has 1 aliphatic rings. The Bertz CT molecular complexity index is 664. The SMILES string of the molecule is CC1(CS(=O)(=O)c2ccc(OC/C(=C/F)CN)cc2)CCOCC1. The predicted molar refractivity (Wildman–Crippen MR) is 90.4 cm³/mol. The first-order valence-electron chi connectivity index (χ1n) is 7.90. The van der Waals surface area contributed by atoms with E-state index in [-0.39, 0.29) is 29.2 Å². The number of hydrogen-bond donors (Lipinski definition) is 1. The van der Waals surface area contributed by atoms with Crippen molar-refractivity contribution in [3.63, 3.8) is 0 Å². The van der Waals surface area contributed by atoms with Gasteiger partial charge in [0.2, 0.25) is 0 Å². The fraction of sp³-hybridized carbons (Fsp3) is 0.529. The minimum atomic E-state index is -3.38. The van der Waals surface area contributed by atoms with E-state index in [0.29, 0.717) is 30.9 Å². The molecule has 2 rings (SSSR count). The molecule has 0 saturated carbocycles. The highest BCUT2D eigenvalue weighted by molar-refractivity contribution is 7.91. The van der Waals surface area contributed by atoms with E-state index in [2.05, 4.69) is 0 Å². The molecule has 0 amide bonds. The highest BCUT2D eigenvalue weighted by Crippen LogP contribution is 2.33. The molecule has 1 aromatic rings. The van der Waals surface area contributed by atoms with Gasteiger partial charge in [-0.05, 0) is 42.5 Å². The third-order valence-electron chi connectivity index (χ3n) is 4.26. The number of benzene rings is 1. The first kappa shape index (κ1) is 18.9. The summed E-state index contributed by atoms with van der Waals surface area (Å²) >= 11 is 0. The number of hydrogen-bond acceptors (Lipinski definition) is 5. The van der Waals surface area contributed by atoms with Crippen molar-refractivity contribution in [2.45, 2.75) is 24.7 Å². The maximum atomic E-state index is 12.6. The van der Waals surface area contributed by atoms with Gasteiger partial charge in [0.25, 0.3) is 0 Å². The Morgan fingerprint density at radius 1 is 1.33 bits per heavy atom. The lowest BCUT2D eigenvalue weighted by Crippen LogP contribution is -2.33. The highest BCUT2D eigenvalue weighted by Gasteiger charge is 2.33. The molecule has 7 heteroatoms. The van der Waals surface area contributed by atoms with Gasteiger partial charge in [0, 0.05) is 25.3 Å². The zero-order valence-corrected chi connectivity index (χ0v) is 14.6. The van der Waals surface area contributed by atoms with E-state index < -0.39 is 9.84 Å². The number of ether oxygens (including phenoxy) is 2. The molecule has 1 aromatic carbocycles. The number of rotatable bonds is 7. The standard InChI is InChI=1S/C17H24FNO4S/c1-17(6-8-22-9-7-17)13-24(20,21)16-4-2-15(3-5-16)23-12-14(10-18)11-19/h2-5,10H,6-9,11-13,19H2,1H3/b14-10+. The maximum absolute atomic E-state index is 12.6. The molecule has 0 bridgehead atoms. The first-order chi connectivity index (χ1) is 11.4. The van der Waals surface area contributed by atoms with E-state index in [1.54, 1.807) is 12.1 Å². The van der Waals surface area contributed by atoms with Gasteiger partial charge in [-0.3, -0.25) is 0 Å². The Kier molecular flexibility index (Phi) is 6.37. The molecule has 1 aliphatic heterocycles. The fourth-order valence-electron chi connectivity index (χ4n) is 2.60. The Hall–Kier alpha value is -1.44. The monoisotopic (exact) mass is 357 g/mol. The second-order valence-electron chi connectivity index (χ2n) is 6.41. The van der Waals surface area contributed by atoms with E-state index >= 15 is 0 Å². The molecule has 1 fully saturated rings.